The molecule has 2 saturated heterocycles. The molecular weight excluding hydrogens is 345 g/mol. The van der Waals surface area contributed by atoms with Gasteiger partial charge in [-0.25, -0.2) is 0 Å². The molecular formula is C18H29Cl2N3O. The second-order valence-corrected chi connectivity index (χ2v) is 6.62. The van der Waals surface area contributed by atoms with Gasteiger partial charge in [-0.3, -0.25) is 9.69 Å². The van der Waals surface area contributed by atoms with Gasteiger partial charge < -0.3 is 10.6 Å². The SMILES string of the molecule is Cl.Cl.NCC1CCCN1C(=O)C1CCCN(Cc2ccccc2)C1. The molecule has 2 aliphatic rings. The summed E-state index contributed by atoms with van der Waals surface area (Å²) in [5.74, 6) is 0.496. The number of piperidine rings is 1. The lowest BCUT2D eigenvalue weighted by Gasteiger charge is -2.35. The average Bonchev–Trinajstić information content (AvgIpc) is 3.04. The summed E-state index contributed by atoms with van der Waals surface area (Å²) < 4.78 is 0. The van der Waals surface area contributed by atoms with E-state index in [4.69, 9.17) is 5.73 Å². The fourth-order valence-electron chi connectivity index (χ4n) is 3.85. The molecule has 2 unspecified atom stereocenters. The van der Waals surface area contributed by atoms with Gasteiger partial charge in [0.15, 0.2) is 0 Å². The van der Waals surface area contributed by atoms with E-state index >= 15 is 0 Å². The summed E-state index contributed by atoms with van der Waals surface area (Å²) in [6, 6.07) is 10.8. The van der Waals surface area contributed by atoms with E-state index in [1.165, 1.54) is 5.56 Å². The molecule has 0 radical (unpaired) electrons. The fourth-order valence-corrected chi connectivity index (χ4v) is 3.85. The molecule has 2 fully saturated rings. The maximum Gasteiger partial charge on any atom is 0.227 e. The summed E-state index contributed by atoms with van der Waals surface area (Å²) in [6.45, 7) is 4.44. The van der Waals surface area contributed by atoms with Crippen LogP contribution in [0, 0.1) is 5.92 Å². The lowest BCUT2D eigenvalue weighted by Crippen LogP contribution is -2.47. The summed E-state index contributed by atoms with van der Waals surface area (Å²) in [5.41, 5.74) is 7.15. The van der Waals surface area contributed by atoms with Gasteiger partial charge in [0.05, 0.1) is 5.92 Å². The van der Waals surface area contributed by atoms with Crippen molar-refractivity contribution in [2.45, 2.75) is 38.3 Å². The van der Waals surface area contributed by atoms with Gasteiger partial charge in [0, 0.05) is 32.2 Å². The van der Waals surface area contributed by atoms with Crippen LogP contribution in [0.4, 0.5) is 0 Å². The van der Waals surface area contributed by atoms with E-state index < -0.39 is 0 Å². The van der Waals surface area contributed by atoms with Gasteiger partial charge in [0.25, 0.3) is 0 Å². The molecule has 1 aromatic rings. The zero-order valence-electron chi connectivity index (χ0n) is 14.1. The lowest BCUT2D eigenvalue weighted by molar-refractivity contribution is -0.138. The zero-order chi connectivity index (χ0) is 15.4. The van der Waals surface area contributed by atoms with Crippen molar-refractivity contribution in [3.63, 3.8) is 0 Å². The monoisotopic (exact) mass is 373 g/mol. The molecule has 0 bridgehead atoms. The molecule has 0 aliphatic carbocycles. The molecule has 0 spiro atoms. The predicted molar refractivity (Wildman–Crippen MR) is 103 cm³/mol. The standard InChI is InChI=1S/C18H27N3O.2ClH/c19-12-17-9-5-11-21(17)18(22)16-8-4-10-20(14-16)13-15-6-2-1-3-7-15;;/h1-3,6-7,16-17H,4-5,8-14,19H2;2*1H. The average molecular weight is 374 g/mol. The molecule has 0 aromatic heterocycles. The number of nitrogens with zero attached hydrogens (tertiary/aromatic N) is 2. The molecule has 1 aromatic carbocycles. The lowest BCUT2D eigenvalue weighted by atomic mass is 9.95. The Morgan fingerprint density at radius 1 is 1.08 bits per heavy atom. The van der Waals surface area contributed by atoms with E-state index in [2.05, 4.69) is 34.1 Å². The second-order valence-electron chi connectivity index (χ2n) is 6.62. The zero-order valence-corrected chi connectivity index (χ0v) is 15.7. The summed E-state index contributed by atoms with van der Waals surface area (Å²) in [4.78, 5) is 17.3. The molecule has 0 saturated carbocycles. The molecule has 4 nitrogen and oxygen atoms in total. The van der Waals surface area contributed by atoms with E-state index in [9.17, 15) is 4.79 Å². The van der Waals surface area contributed by atoms with Crippen LogP contribution in [-0.4, -0.2) is 47.9 Å². The summed E-state index contributed by atoms with van der Waals surface area (Å²) in [6.07, 6.45) is 4.32. The molecule has 3 rings (SSSR count). The van der Waals surface area contributed by atoms with Gasteiger partial charge in [-0.15, -0.1) is 24.8 Å². The molecule has 1 amide bonds. The first-order valence-electron chi connectivity index (χ1n) is 8.54. The third-order valence-electron chi connectivity index (χ3n) is 5.04. The first-order valence-corrected chi connectivity index (χ1v) is 8.54. The Morgan fingerprint density at radius 3 is 2.50 bits per heavy atom. The predicted octanol–water partition coefficient (Wildman–Crippen LogP) is 2.69. The fraction of sp³-hybridized carbons (Fsp3) is 0.611. The molecule has 2 aliphatic heterocycles. The highest BCUT2D eigenvalue weighted by Gasteiger charge is 2.34. The van der Waals surface area contributed by atoms with Crippen molar-refractivity contribution in [3.05, 3.63) is 35.9 Å². The maximum atomic E-state index is 12.8. The highest BCUT2D eigenvalue weighted by molar-refractivity contribution is 5.85. The van der Waals surface area contributed by atoms with Crippen molar-refractivity contribution < 1.29 is 4.79 Å². The Hall–Kier alpha value is -0.810. The van der Waals surface area contributed by atoms with Gasteiger partial charge >= 0.3 is 0 Å². The Kier molecular flexibility index (Phi) is 9.06. The summed E-state index contributed by atoms with van der Waals surface area (Å²) >= 11 is 0. The molecule has 6 heteroatoms. The normalized spacial score (nSPS) is 24.1. The van der Waals surface area contributed by atoms with Crippen molar-refractivity contribution in [2.24, 2.45) is 11.7 Å². The van der Waals surface area contributed by atoms with E-state index in [1.54, 1.807) is 0 Å². The van der Waals surface area contributed by atoms with Crippen LogP contribution < -0.4 is 5.73 Å². The quantitative estimate of drug-likeness (QED) is 0.882. The third kappa shape index (κ3) is 5.09. The Morgan fingerprint density at radius 2 is 1.79 bits per heavy atom. The highest BCUT2D eigenvalue weighted by Crippen LogP contribution is 2.25. The Labute approximate surface area is 157 Å². The van der Waals surface area contributed by atoms with Crippen LogP contribution in [-0.2, 0) is 11.3 Å². The minimum absolute atomic E-state index is 0. The number of halogens is 2. The van der Waals surface area contributed by atoms with Crippen molar-refractivity contribution in [3.8, 4) is 0 Å². The Balaban J connectivity index is 0.00000144. The van der Waals surface area contributed by atoms with Gasteiger partial charge in [0.1, 0.15) is 0 Å². The minimum Gasteiger partial charge on any atom is -0.338 e. The summed E-state index contributed by atoms with van der Waals surface area (Å²) in [5, 5.41) is 0. The number of hydrogen-bond donors (Lipinski definition) is 1. The van der Waals surface area contributed by atoms with Crippen molar-refractivity contribution >= 4 is 30.7 Å². The third-order valence-corrected chi connectivity index (χ3v) is 5.04. The number of carbonyl (C=O) groups is 1. The number of nitrogens with two attached hydrogens (primary N) is 1. The maximum absolute atomic E-state index is 12.8. The van der Waals surface area contributed by atoms with Crippen molar-refractivity contribution in [1.82, 2.24) is 9.80 Å². The molecule has 136 valence electrons. The van der Waals surface area contributed by atoms with Crippen LogP contribution >= 0.6 is 24.8 Å². The Bertz CT molecular complexity index is 500. The van der Waals surface area contributed by atoms with Gasteiger partial charge in [-0.2, -0.15) is 0 Å². The van der Waals surface area contributed by atoms with Crippen molar-refractivity contribution in [1.29, 1.82) is 0 Å². The summed E-state index contributed by atoms with van der Waals surface area (Å²) in [7, 11) is 0. The second kappa shape index (κ2) is 10.2. The number of rotatable bonds is 4. The first kappa shape index (κ1) is 21.2. The number of hydrogen-bond acceptors (Lipinski definition) is 3. The van der Waals surface area contributed by atoms with E-state index in [1.807, 2.05) is 6.07 Å². The van der Waals surface area contributed by atoms with Gasteiger partial charge in [-0.1, -0.05) is 30.3 Å². The van der Waals surface area contributed by atoms with Crippen molar-refractivity contribution in [2.75, 3.05) is 26.2 Å². The van der Waals surface area contributed by atoms with E-state index in [-0.39, 0.29) is 36.8 Å². The highest BCUT2D eigenvalue weighted by atomic mass is 35.5. The smallest absolute Gasteiger partial charge is 0.227 e. The number of benzene rings is 1. The molecule has 2 heterocycles. The van der Waals surface area contributed by atoms with Gasteiger partial charge in [0.2, 0.25) is 5.91 Å². The molecule has 2 atom stereocenters. The van der Waals surface area contributed by atoms with Crippen LogP contribution in [0.3, 0.4) is 0 Å². The molecule has 2 N–H and O–H groups in total. The van der Waals surface area contributed by atoms with Crippen LogP contribution in [0.25, 0.3) is 0 Å². The number of amides is 1. The van der Waals surface area contributed by atoms with Gasteiger partial charge in [-0.05, 0) is 37.8 Å². The largest absolute Gasteiger partial charge is 0.338 e. The topological polar surface area (TPSA) is 49.6 Å². The number of carbonyl (C=O) groups excluding carboxylic acids is 1. The minimum atomic E-state index is 0. The number of likely N-dealkylation sites (tertiary alicyclic amines) is 2. The van der Waals surface area contributed by atoms with E-state index in [0.717, 1.165) is 51.9 Å². The first-order chi connectivity index (χ1) is 10.8. The van der Waals surface area contributed by atoms with E-state index in [0.29, 0.717) is 12.5 Å². The molecule has 24 heavy (non-hydrogen) atoms. The van der Waals surface area contributed by atoms with Crippen LogP contribution in [0.5, 0.6) is 0 Å². The van der Waals surface area contributed by atoms with Crippen LogP contribution in [0.1, 0.15) is 31.2 Å². The van der Waals surface area contributed by atoms with Crippen LogP contribution in [0.2, 0.25) is 0 Å². The van der Waals surface area contributed by atoms with Crippen LogP contribution in [0.15, 0.2) is 30.3 Å².